The number of nitro benzene ring substituents is 2. The second kappa shape index (κ2) is 5.61. The van der Waals surface area contributed by atoms with E-state index in [0.717, 1.165) is 6.07 Å². The highest BCUT2D eigenvalue weighted by Gasteiger charge is 2.27. The van der Waals surface area contributed by atoms with Gasteiger partial charge >= 0.3 is 5.97 Å². The topological polar surface area (TPSA) is 113 Å². The van der Waals surface area contributed by atoms with Gasteiger partial charge in [0.05, 0.1) is 27.6 Å². The van der Waals surface area contributed by atoms with Gasteiger partial charge in [0.1, 0.15) is 5.02 Å². The van der Waals surface area contributed by atoms with Gasteiger partial charge in [-0.05, 0) is 13.8 Å². The molecular formula is C10H9ClN2O6. The lowest BCUT2D eigenvalue weighted by Gasteiger charge is -2.09. The fourth-order valence-corrected chi connectivity index (χ4v) is 1.51. The molecule has 0 aromatic heterocycles. The van der Waals surface area contributed by atoms with E-state index in [4.69, 9.17) is 16.3 Å². The van der Waals surface area contributed by atoms with Crippen LogP contribution in [0.3, 0.4) is 0 Å². The van der Waals surface area contributed by atoms with E-state index in [1.165, 1.54) is 0 Å². The molecule has 0 atom stereocenters. The minimum atomic E-state index is -0.952. The number of benzene rings is 1. The summed E-state index contributed by atoms with van der Waals surface area (Å²) in [6.45, 7) is 3.13. The number of esters is 1. The molecule has 0 radical (unpaired) electrons. The van der Waals surface area contributed by atoms with Gasteiger partial charge in [-0.1, -0.05) is 11.6 Å². The van der Waals surface area contributed by atoms with E-state index in [9.17, 15) is 25.0 Å². The van der Waals surface area contributed by atoms with Crippen molar-refractivity contribution < 1.29 is 19.4 Å². The first-order valence-corrected chi connectivity index (χ1v) is 5.45. The Kier molecular flexibility index (Phi) is 4.38. The minimum Gasteiger partial charge on any atom is -0.459 e. The molecule has 8 nitrogen and oxygen atoms in total. The lowest BCUT2D eigenvalue weighted by Crippen LogP contribution is -2.13. The zero-order valence-corrected chi connectivity index (χ0v) is 10.7. The molecule has 0 unspecified atom stereocenters. The molecule has 1 rings (SSSR count). The third-order valence-electron chi connectivity index (χ3n) is 2.01. The van der Waals surface area contributed by atoms with Crippen LogP contribution in [0.1, 0.15) is 24.2 Å². The van der Waals surface area contributed by atoms with Crippen LogP contribution in [0, 0.1) is 20.2 Å². The maximum absolute atomic E-state index is 11.7. The zero-order valence-electron chi connectivity index (χ0n) is 9.95. The third-order valence-corrected chi connectivity index (χ3v) is 2.41. The molecule has 0 N–H and O–H groups in total. The first kappa shape index (κ1) is 14.8. The van der Waals surface area contributed by atoms with Crippen molar-refractivity contribution in [2.45, 2.75) is 20.0 Å². The number of halogens is 1. The van der Waals surface area contributed by atoms with Crippen molar-refractivity contribution in [1.82, 2.24) is 0 Å². The van der Waals surface area contributed by atoms with Crippen molar-refractivity contribution in [2.24, 2.45) is 0 Å². The summed E-state index contributed by atoms with van der Waals surface area (Å²) in [6, 6.07) is 1.54. The molecule has 0 saturated carbocycles. The Bertz CT molecular complexity index is 557. The highest BCUT2D eigenvalue weighted by molar-refractivity contribution is 6.35. The summed E-state index contributed by atoms with van der Waals surface area (Å²) in [7, 11) is 0. The summed E-state index contributed by atoms with van der Waals surface area (Å²) >= 11 is 5.69. The van der Waals surface area contributed by atoms with E-state index in [2.05, 4.69) is 0 Å². The average Bonchev–Trinajstić information content (AvgIpc) is 2.27. The van der Waals surface area contributed by atoms with Crippen LogP contribution in [0.15, 0.2) is 12.1 Å². The van der Waals surface area contributed by atoms with Crippen LogP contribution in [-0.2, 0) is 4.74 Å². The summed E-state index contributed by atoms with van der Waals surface area (Å²) in [5.74, 6) is -0.952. The van der Waals surface area contributed by atoms with Crippen LogP contribution in [0.4, 0.5) is 11.4 Å². The Morgan fingerprint density at radius 1 is 1.26 bits per heavy atom. The average molecular weight is 289 g/mol. The molecule has 0 bridgehead atoms. The predicted octanol–water partition coefficient (Wildman–Crippen LogP) is 2.72. The summed E-state index contributed by atoms with van der Waals surface area (Å²) in [4.78, 5) is 31.3. The number of hydrogen-bond acceptors (Lipinski definition) is 6. The molecule has 1 aromatic rings. The van der Waals surface area contributed by atoms with E-state index in [1.807, 2.05) is 0 Å². The van der Waals surface area contributed by atoms with Gasteiger partial charge in [-0.15, -0.1) is 0 Å². The lowest BCUT2D eigenvalue weighted by atomic mass is 10.1. The minimum absolute atomic E-state index is 0.406. The third kappa shape index (κ3) is 3.38. The monoisotopic (exact) mass is 288 g/mol. The fourth-order valence-electron chi connectivity index (χ4n) is 1.26. The number of rotatable bonds is 4. The highest BCUT2D eigenvalue weighted by atomic mass is 35.5. The lowest BCUT2D eigenvalue weighted by molar-refractivity contribution is -0.394. The Balaban J connectivity index is 3.41. The highest BCUT2D eigenvalue weighted by Crippen LogP contribution is 2.33. The molecule has 0 fully saturated rings. The second-order valence-electron chi connectivity index (χ2n) is 3.79. The number of nitrogens with zero attached hydrogens (tertiary/aromatic N) is 2. The number of ether oxygens (including phenoxy) is 1. The number of nitro groups is 2. The molecule has 102 valence electrons. The molecule has 0 aliphatic heterocycles. The Hall–Kier alpha value is -2.22. The molecule has 0 saturated heterocycles. The Morgan fingerprint density at radius 3 is 2.26 bits per heavy atom. The molecule has 0 amide bonds. The fraction of sp³-hybridized carbons (Fsp3) is 0.300. The van der Waals surface area contributed by atoms with E-state index in [-0.39, 0.29) is 0 Å². The van der Waals surface area contributed by atoms with Crippen molar-refractivity contribution in [3.8, 4) is 0 Å². The van der Waals surface area contributed by atoms with Crippen molar-refractivity contribution in [1.29, 1.82) is 0 Å². The standard InChI is InChI=1S/C10H9ClN2O6/c1-5(2)19-10(14)7-3-6(12(15)16)4-8(9(7)11)13(17)18/h3-5H,1-2H3. The van der Waals surface area contributed by atoms with Gasteiger partial charge in [0, 0.05) is 6.07 Å². The normalized spacial score (nSPS) is 10.3. The largest absolute Gasteiger partial charge is 0.459 e. The molecule has 1 aromatic carbocycles. The van der Waals surface area contributed by atoms with Crippen molar-refractivity contribution in [3.63, 3.8) is 0 Å². The van der Waals surface area contributed by atoms with Gasteiger partial charge in [0.2, 0.25) is 0 Å². The van der Waals surface area contributed by atoms with E-state index < -0.39 is 43.9 Å². The summed E-state index contributed by atoms with van der Waals surface area (Å²) in [5.41, 5.74) is -1.73. The van der Waals surface area contributed by atoms with Crippen molar-refractivity contribution in [3.05, 3.63) is 42.9 Å². The van der Waals surface area contributed by atoms with E-state index in [0.29, 0.717) is 6.07 Å². The van der Waals surface area contributed by atoms with Gasteiger partial charge in [-0.25, -0.2) is 4.79 Å². The van der Waals surface area contributed by atoms with Crippen molar-refractivity contribution in [2.75, 3.05) is 0 Å². The van der Waals surface area contributed by atoms with Crippen molar-refractivity contribution >= 4 is 28.9 Å². The number of carbonyl (C=O) groups is 1. The SMILES string of the molecule is CC(C)OC(=O)c1cc([N+](=O)[O-])cc([N+](=O)[O-])c1Cl. The molecular weight excluding hydrogens is 280 g/mol. The van der Waals surface area contributed by atoms with Crippen LogP contribution in [0.25, 0.3) is 0 Å². The first-order valence-electron chi connectivity index (χ1n) is 5.07. The maximum Gasteiger partial charge on any atom is 0.340 e. The van der Waals surface area contributed by atoms with Gasteiger partial charge in [0.15, 0.2) is 0 Å². The van der Waals surface area contributed by atoms with Crippen LogP contribution in [0.5, 0.6) is 0 Å². The molecule has 19 heavy (non-hydrogen) atoms. The van der Waals surface area contributed by atoms with E-state index >= 15 is 0 Å². The second-order valence-corrected chi connectivity index (χ2v) is 4.17. The van der Waals surface area contributed by atoms with Crippen LogP contribution in [-0.4, -0.2) is 21.9 Å². The quantitative estimate of drug-likeness (QED) is 0.478. The molecule has 0 aliphatic carbocycles. The van der Waals surface area contributed by atoms with E-state index in [1.54, 1.807) is 13.8 Å². The molecule has 0 heterocycles. The zero-order chi connectivity index (χ0) is 14.7. The van der Waals surface area contributed by atoms with Gasteiger partial charge in [-0.2, -0.15) is 0 Å². The summed E-state index contributed by atoms with van der Waals surface area (Å²) < 4.78 is 4.82. The number of non-ortho nitro benzene ring substituents is 1. The van der Waals surface area contributed by atoms with Crippen LogP contribution < -0.4 is 0 Å². The maximum atomic E-state index is 11.7. The molecule has 0 aliphatic rings. The predicted molar refractivity (Wildman–Crippen MR) is 65.3 cm³/mol. The Morgan fingerprint density at radius 2 is 1.84 bits per heavy atom. The summed E-state index contributed by atoms with van der Waals surface area (Å²) in [6.07, 6.45) is -0.484. The number of hydrogen-bond donors (Lipinski definition) is 0. The smallest absolute Gasteiger partial charge is 0.340 e. The first-order chi connectivity index (χ1) is 8.73. The molecule has 9 heteroatoms. The Labute approximate surface area is 112 Å². The molecule has 0 spiro atoms. The van der Waals surface area contributed by atoms with Gasteiger partial charge < -0.3 is 4.74 Å². The summed E-state index contributed by atoms with van der Waals surface area (Å²) in [5, 5.41) is 20.9. The van der Waals surface area contributed by atoms with Gasteiger partial charge in [-0.3, -0.25) is 20.2 Å². The van der Waals surface area contributed by atoms with Gasteiger partial charge in [0.25, 0.3) is 11.4 Å². The number of carbonyl (C=O) groups excluding carboxylic acids is 1. The van der Waals surface area contributed by atoms with Crippen LogP contribution >= 0.6 is 11.6 Å². The van der Waals surface area contributed by atoms with Crippen LogP contribution in [0.2, 0.25) is 5.02 Å².